The van der Waals surface area contributed by atoms with Crippen molar-refractivity contribution >= 4 is 28.3 Å². The fourth-order valence-corrected chi connectivity index (χ4v) is 3.52. The fourth-order valence-electron chi connectivity index (χ4n) is 3.52. The van der Waals surface area contributed by atoms with Crippen LogP contribution in [-0.4, -0.2) is 69.3 Å². The fraction of sp³-hybridized carbons (Fsp3) is 0.421. The van der Waals surface area contributed by atoms with Crippen LogP contribution in [0.25, 0.3) is 16.6 Å². The summed E-state index contributed by atoms with van der Waals surface area (Å²) in [5.41, 5.74) is 2.32. The Bertz CT molecular complexity index is 955. The number of rotatable bonds is 3. The van der Waals surface area contributed by atoms with Crippen LogP contribution in [0.3, 0.4) is 0 Å². The molecule has 1 aliphatic rings. The number of carbonyl (C=O) groups excluding carboxylic acids is 1. The van der Waals surface area contributed by atoms with Gasteiger partial charge in [-0.1, -0.05) is 6.07 Å². The van der Waals surface area contributed by atoms with Gasteiger partial charge in [-0.2, -0.15) is 0 Å². The molecule has 3 aromatic heterocycles. The maximum Gasteiger partial charge on any atom is 0.256 e. The van der Waals surface area contributed by atoms with E-state index in [1.165, 1.54) is 0 Å². The van der Waals surface area contributed by atoms with Gasteiger partial charge in [0.05, 0.1) is 16.5 Å². The van der Waals surface area contributed by atoms with Gasteiger partial charge in [0.2, 0.25) is 0 Å². The van der Waals surface area contributed by atoms with Gasteiger partial charge in [0.15, 0.2) is 5.65 Å². The van der Waals surface area contributed by atoms with E-state index in [0.717, 1.165) is 42.7 Å². The van der Waals surface area contributed by atoms with Crippen LogP contribution in [-0.2, 0) is 0 Å². The zero-order valence-corrected chi connectivity index (χ0v) is 15.4. The number of pyridine rings is 1. The highest BCUT2D eigenvalue weighted by atomic mass is 16.2. The van der Waals surface area contributed by atoms with Crippen LogP contribution < -0.4 is 5.32 Å². The van der Waals surface area contributed by atoms with Gasteiger partial charge in [0.1, 0.15) is 12.1 Å². The molecule has 1 aliphatic heterocycles. The number of carbonyl (C=O) groups is 1. The lowest BCUT2D eigenvalue weighted by Crippen LogP contribution is -2.47. The molecule has 1 N–H and O–H groups in total. The quantitative estimate of drug-likeness (QED) is 0.782. The van der Waals surface area contributed by atoms with E-state index in [0.29, 0.717) is 11.4 Å². The smallest absolute Gasteiger partial charge is 0.256 e. The van der Waals surface area contributed by atoms with Crippen molar-refractivity contribution in [2.45, 2.75) is 19.9 Å². The molecule has 7 heteroatoms. The Balaban J connectivity index is 1.92. The van der Waals surface area contributed by atoms with Crippen molar-refractivity contribution in [2.75, 3.05) is 38.5 Å². The molecule has 7 nitrogen and oxygen atoms in total. The highest BCUT2D eigenvalue weighted by Gasteiger charge is 2.27. The number of nitrogens with zero attached hydrogens (tertiary/aromatic N) is 5. The normalized spacial score (nSPS) is 15.9. The Morgan fingerprint density at radius 1 is 1.15 bits per heavy atom. The molecule has 26 heavy (non-hydrogen) atoms. The number of amides is 1. The molecule has 1 amide bonds. The number of nitrogens with one attached hydrogen (secondary N) is 1. The molecule has 0 saturated carbocycles. The molecule has 3 aromatic rings. The average Bonchev–Trinajstić information content (AvgIpc) is 2.97. The number of anilines is 1. The van der Waals surface area contributed by atoms with Crippen molar-refractivity contribution in [2.24, 2.45) is 0 Å². The van der Waals surface area contributed by atoms with Gasteiger partial charge >= 0.3 is 0 Å². The topological polar surface area (TPSA) is 65.8 Å². The average molecular weight is 352 g/mol. The van der Waals surface area contributed by atoms with Crippen LogP contribution in [0.4, 0.5) is 5.82 Å². The third-order valence-electron chi connectivity index (χ3n) is 4.85. The predicted octanol–water partition coefficient (Wildman–Crippen LogP) is 2.09. The van der Waals surface area contributed by atoms with E-state index in [2.05, 4.69) is 41.1 Å². The van der Waals surface area contributed by atoms with E-state index < -0.39 is 0 Å². The molecular formula is C19H24N6O. The summed E-state index contributed by atoms with van der Waals surface area (Å²) in [5, 5.41) is 4.17. The molecule has 136 valence electrons. The van der Waals surface area contributed by atoms with Crippen molar-refractivity contribution in [3.05, 3.63) is 36.3 Å². The maximum absolute atomic E-state index is 13.4. The van der Waals surface area contributed by atoms with E-state index in [1.807, 2.05) is 33.7 Å². The first-order valence-corrected chi connectivity index (χ1v) is 9.04. The molecule has 0 spiro atoms. The van der Waals surface area contributed by atoms with Crippen LogP contribution in [0, 0.1) is 0 Å². The first kappa shape index (κ1) is 16.8. The van der Waals surface area contributed by atoms with Gasteiger partial charge in [-0.3, -0.25) is 4.79 Å². The van der Waals surface area contributed by atoms with Crippen molar-refractivity contribution in [3.63, 3.8) is 0 Å². The molecule has 0 aliphatic carbocycles. The second-order valence-electron chi connectivity index (χ2n) is 7.15. The van der Waals surface area contributed by atoms with Crippen LogP contribution in [0.2, 0.25) is 0 Å². The number of hydrogen-bond acceptors (Lipinski definition) is 5. The minimum atomic E-state index is 0.0541. The Kier molecular flexibility index (Phi) is 4.24. The number of piperazine rings is 1. The number of fused-ring (bicyclic) bond motifs is 3. The summed E-state index contributed by atoms with van der Waals surface area (Å²) >= 11 is 0. The van der Waals surface area contributed by atoms with Gasteiger partial charge in [-0.15, -0.1) is 0 Å². The third kappa shape index (κ3) is 2.78. The van der Waals surface area contributed by atoms with Crippen molar-refractivity contribution < 1.29 is 4.79 Å². The summed E-state index contributed by atoms with van der Waals surface area (Å²) in [6, 6.07) is 6.10. The molecule has 0 unspecified atom stereocenters. The molecule has 4 heterocycles. The lowest BCUT2D eigenvalue weighted by molar-refractivity contribution is 0.0668. The first-order chi connectivity index (χ1) is 12.6. The maximum atomic E-state index is 13.4. The zero-order chi connectivity index (χ0) is 18.3. The Morgan fingerprint density at radius 3 is 2.65 bits per heavy atom. The van der Waals surface area contributed by atoms with Gasteiger partial charge in [-0.05, 0) is 33.0 Å². The van der Waals surface area contributed by atoms with Crippen LogP contribution >= 0.6 is 0 Å². The molecule has 0 radical (unpaired) electrons. The molecule has 1 saturated heterocycles. The minimum Gasteiger partial charge on any atom is -0.367 e. The van der Waals surface area contributed by atoms with E-state index in [1.54, 1.807) is 6.33 Å². The molecule has 0 atom stereocenters. The lowest BCUT2D eigenvalue weighted by atomic mass is 10.1. The van der Waals surface area contributed by atoms with Gasteiger partial charge < -0.3 is 19.5 Å². The van der Waals surface area contributed by atoms with E-state index in [-0.39, 0.29) is 11.9 Å². The van der Waals surface area contributed by atoms with Gasteiger partial charge in [-0.25, -0.2) is 9.97 Å². The standard InChI is InChI=1S/C19H24N6O/c1-13(2)22-17-16-15(19(26)24-10-8-23(3)9-11-24)14-6-4-5-7-25(14)18(16)21-12-20-17/h4-7,12-13H,8-11H2,1-3H3,(H,20,21,22). The van der Waals surface area contributed by atoms with E-state index in [9.17, 15) is 4.79 Å². The largest absolute Gasteiger partial charge is 0.367 e. The Labute approximate surface area is 152 Å². The molecule has 1 fully saturated rings. The summed E-state index contributed by atoms with van der Waals surface area (Å²) < 4.78 is 1.98. The van der Waals surface area contributed by atoms with Crippen LogP contribution in [0.1, 0.15) is 24.2 Å². The zero-order valence-electron chi connectivity index (χ0n) is 15.4. The van der Waals surface area contributed by atoms with Crippen LogP contribution in [0.15, 0.2) is 30.7 Å². The van der Waals surface area contributed by atoms with Crippen LogP contribution in [0.5, 0.6) is 0 Å². The van der Waals surface area contributed by atoms with Crippen molar-refractivity contribution in [3.8, 4) is 0 Å². The van der Waals surface area contributed by atoms with Gasteiger partial charge in [0.25, 0.3) is 5.91 Å². The second-order valence-corrected chi connectivity index (χ2v) is 7.15. The summed E-state index contributed by atoms with van der Waals surface area (Å²) in [7, 11) is 2.09. The summed E-state index contributed by atoms with van der Waals surface area (Å²) in [6.45, 7) is 7.38. The highest BCUT2D eigenvalue weighted by molar-refractivity contribution is 6.16. The lowest BCUT2D eigenvalue weighted by Gasteiger charge is -2.32. The summed E-state index contributed by atoms with van der Waals surface area (Å²) in [6.07, 6.45) is 3.50. The third-order valence-corrected chi connectivity index (χ3v) is 4.85. The Hall–Kier alpha value is -2.67. The molecule has 0 bridgehead atoms. The summed E-state index contributed by atoms with van der Waals surface area (Å²) in [4.78, 5) is 26.5. The highest BCUT2D eigenvalue weighted by Crippen LogP contribution is 2.31. The van der Waals surface area contributed by atoms with Gasteiger partial charge in [0, 0.05) is 38.4 Å². The first-order valence-electron chi connectivity index (χ1n) is 9.04. The summed E-state index contributed by atoms with van der Waals surface area (Å²) in [5.74, 6) is 0.768. The van der Waals surface area contributed by atoms with E-state index >= 15 is 0 Å². The number of aromatic nitrogens is 3. The monoisotopic (exact) mass is 352 g/mol. The SMILES string of the molecule is CC(C)Nc1ncnc2c1c(C(=O)N1CCN(C)CC1)c1ccccn12. The number of likely N-dealkylation sites (N-methyl/N-ethyl adjacent to an activating group) is 1. The number of hydrogen-bond donors (Lipinski definition) is 1. The van der Waals surface area contributed by atoms with Crippen molar-refractivity contribution in [1.82, 2.24) is 24.2 Å². The molecule has 0 aromatic carbocycles. The van der Waals surface area contributed by atoms with Crippen molar-refractivity contribution in [1.29, 1.82) is 0 Å². The predicted molar refractivity (Wildman–Crippen MR) is 103 cm³/mol. The Morgan fingerprint density at radius 2 is 1.92 bits per heavy atom. The second kappa shape index (κ2) is 6.57. The molecule has 4 rings (SSSR count). The van der Waals surface area contributed by atoms with E-state index in [4.69, 9.17) is 0 Å². The molecular weight excluding hydrogens is 328 g/mol. The minimum absolute atomic E-state index is 0.0541.